The summed E-state index contributed by atoms with van der Waals surface area (Å²) in [4.78, 5) is 17.1. The number of aryl methyl sites for hydroxylation is 1. The summed E-state index contributed by atoms with van der Waals surface area (Å²) in [5.41, 5.74) is 2.89. The van der Waals surface area contributed by atoms with Crippen LogP contribution in [0.4, 0.5) is 14.5 Å². The Morgan fingerprint density at radius 3 is 2.57 bits per heavy atom. The number of amides is 1. The molecule has 3 rings (SSSR count). The maximum Gasteiger partial charge on any atom is 0.387 e. The van der Waals surface area contributed by atoms with Gasteiger partial charge in [-0.3, -0.25) is 9.69 Å². The van der Waals surface area contributed by atoms with Crippen LogP contribution in [-0.4, -0.2) is 56.7 Å². The Morgan fingerprint density at radius 1 is 1.07 bits per heavy atom. The third-order valence-corrected chi connectivity index (χ3v) is 5.25. The summed E-state index contributed by atoms with van der Waals surface area (Å²) in [6.45, 7) is 4.91. The van der Waals surface area contributed by atoms with E-state index in [0.29, 0.717) is 12.1 Å². The van der Waals surface area contributed by atoms with Crippen molar-refractivity contribution in [3.05, 3.63) is 59.7 Å². The smallest absolute Gasteiger partial charge is 0.387 e. The van der Waals surface area contributed by atoms with E-state index in [2.05, 4.69) is 51.0 Å². The van der Waals surface area contributed by atoms with E-state index in [0.717, 1.165) is 45.6 Å². The molecule has 0 radical (unpaired) electrons. The summed E-state index contributed by atoms with van der Waals surface area (Å²) in [7, 11) is 0. The summed E-state index contributed by atoms with van der Waals surface area (Å²) in [6.07, 6.45) is 1.87. The topological polar surface area (TPSA) is 44.8 Å². The molecule has 1 aliphatic rings. The van der Waals surface area contributed by atoms with E-state index < -0.39 is 6.61 Å². The minimum absolute atomic E-state index is 0.0116. The van der Waals surface area contributed by atoms with Crippen LogP contribution in [0.5, 0.6) is 5.75 Å². The molecule has 0 saturated carbocycles. The fraction of sp³-hybridized carbons (Fsp3) is 0.435. The number of hydrogen-bond donors (Lipinski definition) is 1. The third-order valence-electron chi connectivity index (χ3n) is 5.25. The molecule has 0 spiro atoms. The van der Waals surface area contributed by atoms with Crippen molar-refractivity contribution >= 4 is 11.6 Å². The Bertz CT molecular complexity index is 824. The molecule has 0 aliphatic carbocycles. The highest BCUT2D eigenvalue weighted by Crippen LogP contribution is 2.18. The van der Waals surface area contributed by atoms with Crippen molar-refractivity contribution in [2.75, 3.05) is 44.2 Å². The summed E-state index contributed by atoms with van der Waals surface area (Å²) < 4.78 is 28.9. The van der Waals surface area contributed by atoms with E-state index in [1.807, 2.05) is 0 Å². The van der Waals surface area contributed by atoms with E-state index in [1.54, 1.807) is 6.07 Å². The highest BCUT2D eigenvalue weighted by atomic mass is 19.3. The van der Waals surface area contributed by atoms with E-state index >= 15 is 0 Å². The van der Waals surface area contributed by atoms with Gasteiger partial charge in [0.15, 0.2) is 0 Å². The standard InChI is InChI=1S/C23H29F2N3O2/c1-18-6-4-8-20(16-18)28-14-12-27(13-15-28)11-3-2-10-26-22(29)19-7-5-9-21(17-19)30-23(24)25/h4-9,16-17,23H,2-3,10-15H2,1H3,(H,26,29). The van der Waals surface area contributed by atoms with Gasteiger partial charge in [0.25, 0.3) is 5.91 Å². The molecule has 1 saturated heterocycles. The Hall–Kier alpha value is -2.67. The highest BCUT2D eigenvalue weighted by Gasteiger charge is 2.17. The first-order chi connectivity index (χ1) is 14.5. The quantitative estimate of drug-likeness (QED) is 0.628. The van der Waals surface area contributed by atoms with Crippen molar-refractivity contribution in [2.45, 2.75) is 26.4 Å². The Morgan fingerprint density at radius 2 is 1.83 bits per heavy atom. The van der Waals surface area contributed by atoms with Gasteiger partial charge in [-0.05, 0) is 62.2 Å². The predicted octanol–water partition coefficient (Wildman–Crippen LogP) is 3.93. The average molecular weight is 418 g/mol. The molecule has 7 heteroatoms. The first-order valence-electron chi connectivity index (χ1n) is 10.4. The second-order valence-corrected chi connectivity index (χ2v) is 7.54. The molecule has 1 amide bonds. The third kappa shape index (κ3) is 6.69. The molecule has 1 aliphatic heterocycles. The fourth-order valence-corrected chi connectivity index (χ4v) is 3.63. The number of hydrogen-bond acceptors (Lipinski definition) is 4. The van der Waals surface area contributed by atoms with Crippen LogP contribution in [0.25, 0.3) is 0 Å². The summed E-state index contributed by atoms with van der Waals surface area (Å²) in [5.74, 6) is -0.288. The number of nitrogens with zero attached hydrogens (tertiary/aromatic N) is 2. The van der Waals surface area contributed by atoms with Gasteiger partial charge < -0.3 is 15.0 Å². The number of rotatable bonds is 9. The van der Waals surface area contributed by atoms with Crippen molar-refractivity contribution in [3.63, 3.8) is 0 Å². The number of anilines is 1. The van der Waals surface area contributed by atoms with Crippen LogP contribution in [0.1, 0.15) is 28.8 Å². The first-order valence-corrected chi connectivity index (χ1v) is 10.4. The molecule has 2 aromatic carbocycles. The molecular formula is C23H29F2N3O2. The number of piperazine rings is 1. The van der Waals surface area contributed by atoms with Crippen LogP contribution >= 0.6 is 0 Å². The second kappa shape index (κ2) is 10.9. The molecule has 0 atom stereocenters. The van der Waals surface area contributed by atoms with Gasteiger partial charge in [0, 0.05) is 44.0 Å². The monoisotopic (exact) mass is 417 g/mol. The van der Waals surface area contributed by atoms with Crippen LogP contribution in [-0.2, 0) is 0 Å². The number of nitrogens with one attached hydrogen (secondary N) is 1. The van der Waals surface area contributed by atoms with Crippen molar-refractivity contribution in [2.24, 2.45) is 0 Å². The number of ether oxygens (including phenoxy) is 1. The van der Waals surface area contributed by atoms with E-state index in [9.17, 15) is 13.6 Å². The van der Waals surface area contributed by atoms with Gasteiger partial charge in [-0.1, -0.05) is 18.2 Å². The summed E-state index contributed by atoms with van der Waals surface area (Å²) in [5, 5.41) is 2.84. The lowest BCUT2D eigenvalue weighted by Crippen LogP contribution is -2.46. The number of carbonyl (C=O) groups excluding carboxylic acids is 1. The minimum atomic E-state index is -2.90. The normalized spacial score (nSPS) is 14.7. The summed E-state index contributed by atoms with van der Waals surface area (Å²) in [6, 6.07) is 14.5. The number of carbonyl (C=O) groups is 1. The number of halogens is 2. The van der Waals surface area contributed by atoms with Gasteiger partial charge in [-0.15, -0.1) is 0 Å². The van der Waals surface area contributed by atoms with Gasteiger partial charge in [0.2, 0.25) is 0 Å². The Kier molecular flexibility index (Phi) is 8.02. The molecule has 0 aromatic heterocycles. The predicted molar refractivity (Wildman–Crippen MR) is 114 cm³/mol. The highest BCUT2D eigenvalue weighted by molar-refractivity contribution is 5.94. The molecule has 1 fully saturated rings. The molecule has 2 aromatic rings. The lowest BCUT2D eigenvalue weighted by atomic mass is 10.2. The Labute approximate surface area is 176 Å². The van der Waals surface area contributed by atoms with Gasteiger partial charge in [0.05, 0.1) is 0 Å². The lowest BCUT2D eigenvalue weighted by molar-refractivity contribution is -0.0498. The van der Waals surface area contributed by atoms with Crippen LogP contribution in [0.15, 0.2) is 48.5 Å². The van der Waals surface area contributed by atoms with Crippen molar-refractivity contribution in [3.8, 4) is 5.75 Å². The van der Waals surface area contributed by atoms with Crippen molar-refractivity contribution < 1.29 is 18.3 Å². The van der Waals surface area contributed by atoms with Crippen LogP contribution in [0.3, 0.4) is 0 Å². The van der Waals surface area contributed by atoms with E-state index in [1.165, 1.54) is 29.4 Å². The SMILES string of the molecule is Cc1cccc(N2CCN(CCCCNC(=O)c3cccc(OC(F)F)c3)CC2)c1. The minimum Gasteiger partial charge on any atom is -0.435 e. The van der Waals surface area contributed by atoms with Gasteiger partial charge in [-0.25, -0.2) is 0 Å². The molecule has 0 unspecified atom stereocenters. The largest absolute Gasteiger partial charge is 0.435 e. The lowest BCUT2D eigenvalue weighted by Gasteiger charge is -2.36. The molecule has 0 bridgehead atoms. The molecule has 1 heterocycles. The van der Waals surface area contributed by atoms with Crippen molar-refractivity contribution in [1.82, 2.24) is 10.2 Å². The molecule has 162 valence electrons. The molecule has 5 nitrogen and oxygen atoms in total. The molecular weight excluding hydrogens is 388 g/mol. The maximum atomic E-state index is 12.3. The zero-order valence-electron chi connectivity index (χ0n) is 17.3. The van der Waals surface area contributed by atoms with Gasteiger partial charge >= 0.3 is 6.61 Å². The second-order valence-electron chi connectivity index (χ2n) is 7.54. The van der Waals surface area contributed by atoms with Crippen molar-refractivity contribution in [1.29, 1.82) is 0 Å². The first kappa shape index (κ1) is 22.0. The van der Waals surface area contributed by atoms with Crippen LogP contribution < -0.4 is 15.0 Å². The fourth-order valence-electron chi connectivity index (χ4n) is 3.63. The molecule has 1 N–H and O–H groups in total. The zero-order chi connectivity index (χ0) is 21.3. The summed E-state index contributed by atoms with van der Waals surface area (Å²) >= 11 is 0. The number of alkyl halides is 2. The Balaban J connectivity index is 1.32. The van der Waals surface area contributed by atoms with E-state index in [4.69, 9.17) is 0 Å². The van der Waals surface area contributed by atoms with Crippen LogP contribution in [0.2, 0.25) is 0 Å². The number of unbranched alkanes of at least 4 members (excludes halogenated alkanes) is 1. The maximum absolute atomic E-state index is 12.3. The van der Waals surface area contributed by atoms with Gasteiger partial charge in [-0.2, -0.15) is 8.78 Å². The molecule has 30 heavy (non-hydrogen) atoms. The van der Waals surface area contributed by atoms with Crippen LogP contribution in [0, 0.1) is 6.92 Å². The van der Waals surface area contributed by atoms with E-state index in [-0.39, 0.29) is 11.7 Å². The zero-order valence-corrected chi connectivity index (χ0v) is 17.3. The number of benzene rings is 2. The average Bonchev–Trinajstić information content (AvgIpc) is 2.73. The van der Waals surface area contributed by atoms with Gasteiger partial charge in [0.1, 0.15) is 5.75 Å².